The molecule has 1 aromatic carbocycles. The molecule has 1 N–H and O–H groups in total. The number of pyridine rings is 1. The van der Waals surface area contributed by atoms with Crippen LogP contribution in [0.3, 0.4) is 0 Å². The minimum absolute atomic E-state index is 0.0640. The molecule has 0 saturated carbocycles. The van der Waals surface area contributed by atoms with E-state index in [0.717, 1.165) is 6.42 Å². The minimum atomic E-state index is -1.20. The SMILES string of the molecule is CCCNc1cc(C(C)C)nc2c(F)cc(F)c(F)c12. The van der Waals surface area contributed by atoms with Gasteiger partial charge in [0.25, 0.3) is 0 Å². The average Bonchev–Trinajstić information content (AvgIpc) is 2.41. The van der Waals surface area contributed by atoms with Gasteiger partial charge in [-0.3, -0.25) is 0 Å². The summed E-state index contributed by atoms with van der Waals surface area (Å²) in [6.45, 7) is 6.37. The van der Waals surface area contributed by atoms with Crippen molar-refractivity contribution in [2.45, 2.75) is 33.1 Å². The molecule has 0 fully saturated rings. The van der Waals surface area contributed by atoms with E-state index in [0.29, 0.717) is 24.0 Å². The van der Waals surface area contributed by atoms with E-state index in [9.17, 15) is 13.2 Å². The van der Waals surface area contributed by atoms with Gasteiger partial charge in [0.05, 0.1) is 5.39 Å². The third-order valence-electron chi connectivity index (χ3n) is 3.11. The van der Waals surface area contributed by atoms with Crippen molar-refractivity contribution in [1.82, 2.24) is 4.98 Å². The summed E-state index contributed by atoms with van der Waals surface area (Å²) in [6.07, 6.45) is 0.820. The van der Waals surface area contributed by atoms with Crippen molar-refractivity contribution in [3.8, 4) is 0 Å². The average molecular weight is 282 g/mol. The lowest BCUT2D eigenvalue weighted by atomic mass is 10.1. The molecular formula is C15H17F3N2. The van der Waals surface area contributed by atoms with Gasteiger partial charge >= 0.3 is 0 Å². The van der Waals surface area contributed by atoms with Crippen molar-refractivity contribution in [3.63, 3.8) is 0 Å². The molecule has 0 amide bonds. The zero-order valence-electron chi connectivity index (χ0n) is 11.7. The monoisotopic (exact) mass is 282 g/mol. The highest BCUT2D eigenvalue weighted by Crippen LogP contribution is 2.31. The van der Waals surface area contributed by atoms with Gasteiger partial charge in [0.1, 0.15) is 5.52 Å². The van der Waals surface area contributed by atoms with E-state index in [2.05, 4.69) is 10.3 Å². The summed E-state index contributed by atoms with van der Waals surface area (Å²) in [5.41, 5.74) is 0.895. The Morgan fingerprint density at radius 1 is 1.15 bits per heavy atom. The van der Waals surface area contributed by atoms with E-state index >= 15 is 0 Å². The van der Waals surface area contributed by atoms with Gasteiger partial charge in [0.2, 0.25) is 0 Å². The van der Waals surface area contributed by atoms with Gasteiger partial charge in [0, 0.05) is 24.0 Å². The number of nitrogens with zero attached hydrogens (tertiary/aromatic N) is 1. The number of aromatic nitrogens is 1. The molecule has 1 aromatic heterocycles. The lowest BCUT2D eigenvalue weighted by molar-refractivity contribution is 0.505. The molecule has 5 heteroatoms. The topological polar surface area (TPSA) is 24.9 Å². The quantitative estimate of drug-likeness (QED) is 0.829. The van der Waals surface area contributed by atoms with Crippen LogP contribution in [0.2, 0.25) is 0 Å². The highest BCUT2D eigenvalue weighted by Gasteiger charge is 2.18. The van der Waals surface area contributed by atoms with Crippen LogP contribution in [-0.4, -0.2) is 11.5 Å². The van der Waals surface area contributed by atoms with Crippen LogP contribution in [0.15, 0.2) is 12.1 Å². The molecule has 0 saturated heterocycles. The fourth-order valence-electron chi connectivity index (χ4n) is 2.02. The number of hydrogen-bond donors (Lipinski definition) is 1. The zero-order valence-corrected chi connectivity index (χ0v) is 11.7. The van der Waals surface area contributed by atoms with E-state index in [1.165, 1.54) is 0 Å². The van der Waals surface area contributed by atoms with Gasteiger partial charge in [-0.25, -0.2) is 18.2 Å². The number of nitrogens with one attached hydrogen (secondary N) is 1. The number of anilines is 1. The second-order valence-electron chi connectivity index (χ2n) is 5.05. The van der Waals surface area contributed by atoms with Gasteiger partial charge in [-0.15, -0.1) is 0 Å². The van der Waals surface area contributed by atoms with Crippen LogP contribution in [0.1, 0.15) is 38.8 Å². The van der Waals surface area contributed by atoms with Crippen molar-refractivity contribution >= 4 is 16.6 Å². The first-order valence-electron chi connectivity index (χ1n) is 6.67. The first-order chi connectivity index (χ1) is 9.45. The molecule has 0 bridgehead atoms. The summed E-state index contributed by atoms with van der Waals surface area (Å²) in [5.74, 6) is -3.05. The number of rotatable bonds is 4. The summed E-state index contributed by atoms with van der Waals surface area (Å²) in [6, 6.07) is 2.20. The van der Waals surface area contributed by atoms with Crippen molar-refractivity contribution < 1.29 is 13.2 Å². The highest BCUT2D eigenvalue weighted by molar-refractivity contribution is 5.92. The summed E-state index contributed by atoms with van der Waals surface area (Å²) in [7, 11) is 0. The van der Waals surface area contributed by atoms with E-state index < -0.39 is 17.5 Å². The third kappa shape index (κ3) is 2.57. The largest absolute Gasteiger partial charge is 0.384 e. The van der Waals surface area contributed by atoms with E-state index in [4.69, 9.17) is 0 Å². The van der Waals surface area contributed by atoms with Crippen LogP contribution in [-0.2, 0) is 0 Å². The fourth-order valence-corrected chi connectivity index (χ4v) is 2.02. The normalized spacial score (nSPS) is 11.3. The molecular weight excluding hydrogens is 265 g/mol. The van der Waals surface area contributed by atoms with E-state index in [1.54, 1.807) is 6.07 Å². The maximum absolute atomic E-state index is 14.0. The number of fused-ring (bicyclic) bond motifs is 1. The van der Waals surface area contributed by atoms with Crippen LogP contribution in [0.4, 0.5) is 18.9 Å². The fraction of sp³-hybridized carbons (Fsp3) is 0.400. The smallest absolute Gasteiger partial charge is 0.170 e. The molecule has 2 nitrogen and oxygen atoms in total. The summed E-state index contributed by atoms with van der Waals surface area (Å²) in [4.78, 5) is 4.12. The maximum atomic E-state index is 14.0. The molecule has 0 spiro atoms. The third-order valence-corrected chi connectivity index (χ3v) is 3.11. The van der Waals surface area contributed by atoms with Gasteiger partial charge in [-0.05, 0) is 18.4 Å². The Labute approximate surface area is 116 Å². The Kier molecular flexibility index (Phi) is 4.16. The molecule has 2 rings (SSSR count). The molecule has 1 heterocycles. The minimum Gasteiger partial charge on any atom is -0.384 e. The van der Waals surface area contributed by atoms with Gasteiger partial charge in [-0.1, -0.05) is 20.8 Å². The molecule has 0 radical (unpaired) electrons. The van der Waals surface area contributed by atoms with Crippen LogP contribution in [0.25, 0.3) is 10.9 Å². The molecule has 20 heavy (non-hydrogen) atoms. The van der Waals surface area contributed by atoms with Gasteiger partial charge < -0.3 is 5.32 Å². The summed E-state index contributed by atoms with van der Waals surface area (Å²) >= 11 is 0. The molecule has 0 atom stereocenters. The van der Waals surface area contributed by atoms with E-state index in [1.807, 2.05) is 20.8 Å². The zero-order chi connectivity index (χ0) is 14.9. The van der Waals surface area contributed by atoms with Crippen molar-refractivity contribution in [2.24, 2.45) is 0 Å². The molecule has 0 aliphatic carbocycles. The predicted molar refractivity (Wildman–Crippen MR) is 74.5 cm³/mol. The Morgan fingerprint density at radius 3 is 2.45 bits per heavy atom. The Morgan fingerprint density at radius 2 is 1.85 bits per heavy atom. The number of hydrogen-bond acceptors (Lipinski definition) is 2. The molecule has 0 aliphatic rings. The van der Waals surface area contributed by atoms with Crippen LogP contribution in [0, 0.1) is 17.5 Å². The number of benzene rings is 1. The maximum Gasteiger partial charge on any atom is 0.170 e. The van der Waals surface area contributed by atoms with Crippen LogP contribution >= 0.6 is 0 Å². The molecule has 0 aliphatic heterocycles. The first kappa shape index (κ1) is 14.6. The van der Waals surface area contributed by atoms with Crippen molar-refractivity contribution in [3.05, 3.63) is 35.3 Å². The second-order valence-corrected chi connectivity index (χ2v) is 5.05. The second kappa shape index (κ2) is 5.69. The van der Waals surface area contributed by atoms with Crippen molar-refractivity contribution in [2.75, 3.05) is 11.9 Å². The molecule has 108 valence electrons. The van der Waals surface area contributed by atoms with Gasteiger partial charge in [0.15, 0.2) is 17.5 Å². The van der Waals surface area contributed by atoms with Gasteiger partial charge in [-0.2, -0.15) is 0 Å². The highest BCUT2D eigenvalue weighted by atomic mass is 19.2. The standard InChI is InChI=1S/C15H17F3N2/c1-4-5-19-12-7-11(8(2)3)20-15-10(17)6-9(16)14(18)13(12)15/h6-8H,4-5H2,1-3H3,(H,19,20). The molecule has 2 aromatic rings. The van der Waals surface area contributed by atoms with Crippen molar-refractivity contribution in [1.29, 1.82) is 0 Å². The van der Waals surface area contributed by atoms with Crippen LogP contribution in [0.5, 0.6) is 0 Å². The lowest BCUT2D eigenvalue weighted by Crippen LogP contribution is -2.06. The number of halogens is 3. The summed E-state index contributed by atoms with van der Waals surface area (Å²) < 4.78 is 41.3. The first-order valence-corrected chi connectivity index (χ1v) is 6.67. The lowest BCUT2D eigenvalue weighted by Gasteiger charge is -2.14. The predicted octanol–water partition coefficient (Wildman–Crippen LogP) is 4.60. The van der Waals surface area contributed by atoms with Crippen LogP contribution < -0.4 is 5.32 Å². The van der Waals surface area contributed by atoms with E-state index in [-0.39, 0.29) is 16.8 Å². The Balaban J connectivity index is 2.77. The Hall–Kier alpha value is -1.78. The molecule has 0 unspecified atom stereocenters. The Bertz CT molecular complexity index is 639. The summed E-state index contributed by atoms with van der Waals surface area (Å²) in [5, 5.41) is 2.89.